The molecule has 1 N–H and O–H groups in total. The van der Waals surface area contributed by atoms with Crippen molar-refractivity contribution >= 4 is 5.91 Å². The molecule has 0 radical (unpaired) electrons. The average molecular weight is 241 g/mol. The third-order valence-electron chi connectivity index (χ3n) is 3.62. The van der Waals surface area contributed by atoms with Gasteiger partial charge in [-0.15, -0.1) is 0 Å². The Labute approximate surface area is 103 Å². The fraction of sp³-hybridized carbons (Fsp3) is 0.923. The molecule has 1 saturated carbocycles. The topological polar surface area (TPSA) is 47.6 Å². The molecule has 0 aromatic rings. The van der Waals surface area contributed by atoms with Gasteiger partial charge >= 0.3 is 0 Å². The number of carbonyl (C=O) groups is 1. The van der Waals surface area contributed by atoms with Crippen LogP contribution in [0.25, 0.3) is 0 Å². The van der Waals surface area contributed by atoms with Crippen LogP contribution in [0.5, 0.6) is 0 Å². The smallest absolute Gasteiger partial charge is 0.223 e. The van der Waals surface area contributed by atoms with E-state index in [2.05, 4.69) is 5.32 Å². The molecule has 0 spiro atoms. The molecule has 1 amide bonds. The number of ether oxygens (including phenoxy) is 2. The van der Waals surface area contributed by atoms with Gasteiger partial charge in [0.15, 0.2) is 0 Å². The predicted octanol–water partition coefficient (Wildman–Crippen LogP) is 1.35. The van der Waals surface area contributed by atoms with Gasteiger partial charge in [0.25, 0.3) is 0 Å². The zero-order valence-corrected chi connectivity index (χ0v) is 10.5. The summed E-state index contributed by atoms with van der Waals surface area (Å²) in [5, 5.41) is 2.97. The molecule has 1 atom stereocenters. The van der Waals surface area contributed by atoms with E-state index < -0.39 is 0 Å². The van der Waals surface area contributed by atoms with Gasteiger partial charge in [0, 0.05) is 31.6 Å². The zero-order chi connectivity index (χ0) is 11.9. The van der Waals surface area contributed by atoms with E-state index in [1.165, 1.54) is 6.42 Å². The van der Waals surface area contributed by atoms with Crippen molar-refractivity contribution in [2.45, 2.75) is 32.1 Å². The van der Waals surface area contributed by atoms with Crippen LogP contribution in [0.15, 0.2) is 0 Å². The van der Waals surface area contributed by atoms with Gasteiger partial charge in [-0.1, -0.05) is 6.42 Å². The van der Waals surface area contributed by atoms with Crippen LogP contribution in [0.1, 0.15) is 32.1 Å². The predicted molar refractivity (Wildman–Crippen MR) is 64.7 cm³/mol. The van der Waals surface area contributed by atoms with Crippen molar-refractivity contribution < 1.29 is 14.3 Å². The number of nitrogens with one attached hydrogen (secondary N) is 1. The standard InChI is InChI=1S/C13H23NO3/c15-13(12-3-1-4-12)14-6-2-7-16-9-11-5-8-17-10-11/h11-12H,1-10H2,(H,14,15). The van der Waals surface area contributed by atoms with E-state index in [9.17, 15) is 4.79 Å². The Morgan fingerprint density at radius 2 is 2.24 bits per heavy atom. The molecule has 0 bridgehead atoms. The summed E-state index contributed by atoms with van der Waals surface area (Å²) in [6.45, 7) is 4.01. The number of amides is 1. The summed E-state index contributed by atoms with van der Waals surface area (Å²) in [6, 6.07) is 0. The Balaban J connectivity index is 1.39. The largest absolute Gasteiger partial charge is 0.381 e. The molecule has 1 heterocycles. The van der Waals surface area contributed by atoms with E-state index in [1.54, 1.807) is 0 Å². The van der Waals surface area contributed by atoms with Crippen molar-refractivity contribution in [3.63, 3.8) is 0 Å². The maximum Gasteiger partial charge on any atom is 0.223 e. The van der Waals surface area contributed by atoms with Crippen LogP contribution in [0.4, 0.5) is 0 Å². The molecule has 2 fully saturated rings. The van der Waals surface area contributed by atoms with Crippen molar-refractivity contribution in [1.29, 1.82) is 0 Å². The summed E-state index contributed by atoms with van der Waals surface area (Å²) in [5.41, 5.74) is 0. The van der Waals surface area contributed by atoms with Gasteiger partial charge in [-0.2, -0.15) is 0 Å². The molecule has 2 aliphatic rings. The molecule has 1 saturated heterocycles. The van der Waals surface area contributed by atoms with E-state index in [4.69, 9.17) is 9.47 Å². The lowest BCUT2D eigenvalue weighted by Crippen LogP contribution is -2.35. The Bertz CT molecular complexity index is 235. The van der Waals surface area contributed by atoms with Crippen LogP contribution in [0, 0.1) is 11.8 Å². The summed E-state index contributed by atoms with van der Waals surface area (Å²) >= 11 is 0. The highest BCUT2D eigenvalue weighted by Gasteiger charge is 2.24. The first-order chi connectivity index (χ1) is 8.36. The summed E-state index contributed by atoms with van der Waals surface area (Å²) < 4.78 is 10.8. The molecule has 0 aromatic heterocycles. The minimum Gasteiger partial charge on any atom is -0.381 e. The highest BCUT2D eigenvalue weighted by Crippen LogP contribution is 2.26. The summed E-state index contributed by atoms with van der Waals surface area (Å²) in [4.78, 5) is 11.5. The fourth-order valence-electron chi connectivity index (χ4n) is 2.17. The fourth-order valence-corrected chi connectivity index (χ4v) is 2.17. The van der Waals surface area contributed by atoms with Gasteiger partial charge in [0.05, 0.1) is 13.2 Å². The second-order valence-corrected chi connectivity index (χ2v) is 5.08. The van der Waals surface area contributed by atoms with Crippen LogP contribution in [0.2, 0.25) is 0 Å². The van der Waals surface area contributed by atoms with Gasteiger partial charge in [-0.05, 0) is 25.7 Å². The van der Waals surface area contributed by atoms with Crippen LogP contribution >= 0.6 is 0 Å². The van der Waals surface area contributed by atoms with E-state index >= 15 is 0 Å². The van der Waals surface area contributed by atoms with Crippen LogP contribution in [-0.2, 0) is 14.3 Å². The Morgan fingerprint density at radius 1 is 1.35 bits per heavy atom. The number of carbonyl (C=O) groups excluding carboxylic acids is 1. The van der Waals surface area contributed by atoms with E-state index in [-0.39, 0.29) is 5.91 Å². The van der Waals surface area contributed by atoms with Gasteiger partial charge in [0.1, 0.15) is 0 Å². The molecule has 2 rings (SSSR count). The SMILES string of the molecule is O=C(NCCCOCC1CCOC1)C1CCC1. The monoisotopic (exact) mass is 241 g/mol. The highest BCUT2D eigenvalue weighted by atomic mass is 16.5. The normalized spacial score (nSPS) is 24.6. The van der Waals surface area contributed by atoms with Gasteiger partial charge in [0.2, 0.25) is 5.91 Å². The van der Waals surface area contributed by atoms with Crippen molar-refractivity contribution in [3.05, 3.63) is 0 Å². The van der Waals surface area contributed by atoms with Gasteiger partial charge in [-0.3, -0.25) is 4.79 Å². The van der Waals surface area contributed by atoms with Gasteiger partial charge < -0.3 is 14.8 Å². The summed E-state index contributed by atoms with van der Waals surface area (Å²) in [6.07, 6.45) is 5.39. The number of hydrogen-bond acceptors (Lipinski definition) is 3. The average Bonchev–Trinajstić information content (AvgIpc) is 2.73. The lowest BCUT2D eigenvalue weighted by molar-refractivity contribution is -0.127. The first-order valence-electron chi connectivity index (χ1n) is 6.79. The quantitative estimate of drug-likeness (QED) is 0.684. The van der Waals surface area contributed by atoms with Crippen molar-refractivity contribution in [1.82, 2.24) is 5.32 Å². The van der Waals surface area contributed by atoms with E-state index in [0.717, 1.165) is 58.7 Å². The van der Waals surface area contributed by atoms with Crippen molar-refractivity contribution in [3.8, 4) is 0 Å². The Kier molecular flexibility index (Phi) is 5.26. The van der Waals surface area contributed by atoms with Crippen molar-refractivity contribution in [2.75, 3.05) is 33.0 Å². The van der Waals surface area contributed by atoms with Gasteiger partial charge in [-0.25, -0.2) is 0 Å². The molecule has 4 heteroatoms. The maximum atomic E-state index is 11.5. The first kappa shape index (κ1) is 12.8. The second kappa shape index (κ2) is 6.97. The molecule has 1 aliphatic heterocycles. The molecular weight excluding hydrogens is 218 g/mol. The van der Waals surface area contributed by atoms with E-state index in [0.29, 0.717) is 11.8 Å². The first-order valence-corrected chi connectivity index (χ1v) is 6.79. The molecule has 17 heavy (non-hydrogen) atoms. The van der Waals surface area contributed by atoms with Crippen LogP contribution in [0.3, 0.4) is 0 Å². The lowest BCUT2D eigenvalue weighted by atomic mass is 9.85. The zero-order valence-electron chi connectivity index (χ0n) is 10.5. The van der Waals surface area contributed by atoms with Crippen molar-refractivity contribution in [2.24, 2.45) is 11.8 Å². The molecular formula is C13H23NO3. The summed E-state index contributed by atoms with van der Waals surface area (Å²) in [7, 11) is 0. The molecule has 4 nitrogen and oxygen atoms in total. The maximum absolute atomic E-state index is 11.5. The molecule has 0 aromatic carbocycles. The third kappa shape index (κ3) is 4.28. The third-order valence-corrected chi connectivity index (χ3v) is 3.62. The molecule has 1 aliphatic carbocycles. The second-order valence-electron chi connectivity index (χ2n) is 5.08. The minimum atomic E-state index is 0.237. The number of hydrogen-bond donors (Lipinski definition) is 1. The minimum absolute atomic E-state index is 0.237. The highest BCUT2D eigenvalue weighted by molar-refractivity contribution is 5.79. The van der Waals surface area contributed by atoms with Crippen LogP contribution in [-0.4, -0.2) is 38.9 Å². The van der Waals surface area contributed by atoms with Crippen LogP contribution < -0.4 is 5.32 Å². The molecule has 98 valence electrons. The van der Waals surface area contributed by atoms with E-state index in [1.807, 2.05) is 0 Å². The number of rotatable bonds is 7. The Hall–Kier alpha value is -0.610. The Morgan fingerprint density at radius 3 is 2.88 bits per heavy atom. The molecule has 1 unspecified atom stereocenters. The lowest BCUT2D eigenvalue weighted by Gasteiger charge is -2.23. The summed E-state index contributed by atoms with van der Waals surface area (Å²) in [5.74, 6) is 1.12.